The second kappa shape index (κ2) is 7.57. The van der Waals surface area contributed by atoms with Crippen molar-refractivity contribution in [2.24, 2.45) is 5.73 Å². The van der Waals surface area contributed by atoms with Crippen LogP contribution in [0.15, 0.2) is 27.8 Å². The van der Waals surface area contributed by atoms with E-state index < -0.39 is 0 Å². The molecule has 128 valence electrons. The number of thioether (sulfide) groups is 1. The van der Waals surface area contributed by atoms with Crippen LogP contribution in [0.25, 0.3) is 0 Å². The number of nitrogens with zero attached hydrogens (tertiary/aromatic N) is 3. The molecule has 24 heavy (non-hydrogen) atoms. The summed E-state index contributed by atoms with van der Waals surface area (Å²) in [6, 6.07) is 5.93. The molecule has 2 N–H and O–H groups in total. The molecule has 2 aromatic rings. The van der Waals surface area contributed by atoms with E-state index in [1.54, 1.807) is 18.9 Å². The zero-order valence-corrected chi connectivity index (χ0v) is 15.8. The molecule has 0 spiro atoms. The van der Waals surface area contributed by atoms with Crippen LogP contribution in [-0.2, 0) is 17.1 Å². The predicted molar refractivity (Wildman–Crippen MR) is 96.1 cm³/mol. The molecule has 0 unspecified atom stereocenters. The van der Waals surface area contributed by atoms with Crippen LogP contribution in [0.4, 0.5) is 0 Å². The lowest BCUT2D eigenvalue weighted by Gasteiger charge is -2.10. The molecule has 1 aromatic carbocycles. The lowest BCUT2D eigenvalue weighted by Crippen LogP contribution is -2.15. The Labute approximate surface area is 153 Å². The van der Waals surface area contributed by atoms with Gasteiger partial charge in [-0.1, -0.05) is 27.7 Å². The molecule has 0 saturated heterocycles. The summed E-state index contributed by atoms with van der Waals surface area (Å²) < 4.78 is 8.46. The quantitative estimate of drug-likeness (QED) is 0.675. The average Bonchev–Trinajstić information content (AvgIpc) is 3.32. The number of methoxy groups -OCH3 is 1. The third-order valence-corrected chi connectivity index (χ3v) is 5.38. The molecule has 1 fully saturated rings. The largest absolute Gasteiger partial charge is 0.496 e. The molecule has 1 amide bonds. The molecule has 0 atom stereocenters. The van der Waals surface area contributed by atoms with Crippen LogP contribution in [0.5, 0.6) is 5.75 Å². The summed E-state index contributed by atoms with van der Waals surface area (Å²) in [6.45, 7) is 0.534. The number of halogens is 1. The number of rotatable bonds is 8. The summed E-state index contributed by atoms with van der Waals surface area (Å²) in [5.74, 6) is 2.69. The Kier molecular flexibility index (Phi) is 5.45. The van der Waals surface area contributed by atoms with Gasteiger partial charge in [0.05, 0.1) is 7.11 Å². The van der Waals surface area contributed by atoms with Crippen LogP contribution in [0.2, 0.25) is 0 Å². The van der Waals surface area contributed by atoms with E-state index in [4.69, 9.17) is 10.5 Å². The maximum atomic E-state index is 11.1. The SMILES string of the molecule is COc1ccc(Br)cc1CSc1nnc(C2CC2)n1CCC(N)=O. The minimum Gasteiger partial charge on any atom is -0.496 e. The third kappa shape index (κ3) is 4.10. The summed E-state index contributed by atoms with van der Waals surface area (Å²) in [4.78, 5) is 11.1. The summed E-state index contributed by atoms with van der Waals surface area (Å²) >= 11 is 5.08. The highest BCUT2D eigenvalue weighted by molar-refractivity contribution is 9.10. The number of carbonyl (C=O) groups excluding carboxylic acids is 1. The van der Waals surface area contributed by atoms with E-state index in [0.717, 1.165) is 39.6 Å². The molecule has 1 aliphatic rings. The Bertz CT molecular complexity index is 746. The number of nitrogens with two attached hydrogens (primary N) is 1. The van der Waals surface area contributed by atoms with Crippen molar-refractivity contribution in [1.29, 1.82) is 0 Å². The molecule has 6 nitrogen and oxygen atoms in total. The van der Waals surface area contributed by atoms with Gasteiger partial charge in [-0.3, -0.25) is 4.79 Å². The standard InChI is InChI=1S/C16H19BrN4O2S/c1-23-13-5-4-12(17)8-11(13)9-24-16-20-19-15(10-2-3-10)21(16)7-6-14(18)22/h4-5,8,10H,2-3,6-7,9H2,1H3,(H2,18,22). The van der Waals surface area contributed by atoms with Crippen LogP contribution < -0.4 is 10.5 Å². The van der Waals surface area contributed by atoms with Gasteiger partial charge in [-0.05, 0) is 31.0 Å². The average molecular weight is 411 g/mol. The number of hydrogen-bond acceptors (Lipinski definition) is 5. The van der Waals surface area contributed by atoms with E-state index in [9.17, 15) is 4.79 Å². The van der Waals surface area contributed by atoms with Crippen molar-refractivity contribution in [2.75, 3.05) is 7.11 Å². The first-order valence-corrected chi connectivity index (χ1v) is 9.53. The van der Waals surface area contributed by atoms with Crippen molar-refractivity contribution in [3.8, 4) is 5.75 Å². The minimum absolute atomic E-state index is 0.297. The number of benzene rings is 1. The highest BCUT2D eigenvalue weighted by Gasteiger charge is 2.30. The van der Waals surface area contributed by atoms with Gasteiger partial charge < -0.3 is 15.0 Å². The van der Waals surface area contributed by atoms with Gasteiger partial charge >= 0.3 is 0 Å². The zero-order valence-electron chi connectivity index (χ0n) is 13.4. The molecule has 8 heteroatoms. The van der Waals surface area contributed by atoms with Gasteiger partial charge in [-0.2, -0.15) is 0 Å². The molecule has 1 aliphatic carbocycles. The van der Waals surface area contributed by atoms with Crippen molar-refractivity contribution < 1.29 is 9.53 Å². The minimum atomic E-state index is -0.310. The van der Waals surface area contributed by atoms with Crippen LogP contribution in [-0.4, -0.2) is 27.8 Å². The monoisotopic (exact) mass is 410 g/mol. The second-order valence-corrected chi connectivity index (χ2v) is 7.59. The van der Waals surface area contributed by atoms with E-state index in [2.05, 4.69) is 26.1 Å². The zero-order chi connectivity index (χ0) is 17.1. The van der Waals surface area contributed by atoms with Crippen LogP contribution >= 0.6 is 27.7 Å². The fourth-order valence-electron chi connectivity index (χ4n) is 2.48. The van der Waals surface area contributed by atoms with Gasteiger partial charge in [0.2, 0.25) is 5.91 Å². The first kappa shape index (κ1) is 17.3. The second-order valence-electron chi connectivity index (χ2n) is 5.73. The fourth-order valence-corrected chi connectivity index (χ4v) is 3.84. The Morgan fingerprint density at radius 3 is 2.92 bits per heavy atom. The molecule has 1 heterocycles. The summed E-state index contributed by atoms with van der Waals surface area (Å²) in [6.07, 6.45) is 2.57. The number of hydrogen-bond donors (Lipinski definition) is 1. The smallest absolute Gasteiger partial charge is 0.219 e. The van der Waals surface area contributed by atoms with E-state index in [0.29, 0.717) is 24.6 Å². The van der Waals surface area contributed by atoms with E-state index in [1.807, 2.05) is 22.8 Å². The number of amides is 1. The number of carbonyl (C=O) groups is 1. The lowest BCUT2D eigenvalue weighted by atomic mass is 10.2. The topological polar surface area (TPSA) is 83.0 Å². The predicted octanol–water partition coefficient (Wildman–Crippen LogP) is 3.09. The van der Waals surface area contributed by atoms with E-state index >= 15 is 0 Å². The van der Waals surface area contributed by atoms with Crippen molar-refractivity contribution in [2.45, 2.75) is 42.6 Å². The molecular formula is C16H19BrN4O2S. The summed E-state index contributed by atoms with van der Waals surface area (Å²) in [7, 11) is 1.66. The normalized spacial score (nSPS) is 13.9. The Hall–Kier alpha value is -1.54. The fraction of sp³-hybridized carbons (Fsp3) is 0.438. The number of ether oxygens (including phenoxy) is 1. The molecule has 3 rings (SSSR count). The van der Waals surface area contributed by atoms with Gasteiger partial charge in [0, 0.05) is 34.7 Å². The molecule has 1 saturated carbocycles. The van der Waals surface area contributed by atoms with Crippen molar-refractivity contribution in [1.82, 2.24) is 14.8 Å². The Balaban J connectivity index is 1.77. The van der Waals surface area contributed by atoms with Crippen LogP contribution in [0, 0.1) is 0 Å². The first-order chi connectivity index (χ1) is 11.6. The van der Waals surface area contributed by atoms with Gasteiger partial charge in [0.1, 0.15) is 11.6 Å². The Morgan fingerprint density at radius 2 is 2.25 bits per heavy atom. The van der Waals surface area contributed by atoms with E-state index in [-0.39, 0.29) is 5.91 Å². The highest BCUT2D eigenvalue weighted by Crippen LogP contribution is 2.40. The molecular weight excluding hydrogens is 392 g/mol. The van der Waals surface area contributed by atoms with Crippen LogP contribution in [0.1, 0.15) is 36.6 Å². The highest BCUT2D eigenvalue weighted by atomic mass is 79.9. The van der Waals surface area contributed by atoms with Crippen molar-refractivity contribution in [3.63, 3.8) is 0 Å². The molecule has 1 aromatic heterocycles. The summed E-state index contributed by atoms with van der Waals surface area (Å²) in [5.41, 5.74) is 6.38. The number of aromatic nitrogens is 3. The van der Waals surface area contributed by atoms with E-state index in [1.165, 1.54) is 0 Å². The van der Waals surface area contributed by atoms with Crippen molar-refractivity contribution >= 4 is 33.6 Å². The third-order valence-electron chi connectivity index (χ3n) is 3.87. The van der Waals surface area contributed by atoms with Gasteiger partial charge in [-0.15, -0.1) is 10.2 Å². The lowest BCUT2D eigenvalue weighted by molar-refractivity contribution is -0.118. The molecule has 0 radical (unpaired) electrons. The maximum absolute atomic E-state index is 11.1. The molecule has 0 aliphatic heterocycles. The van der Waals surface area contributed by atoms with Crippen LogP contribution in [0.3, 0.4) is 0 Å². The van der Waals surface area contributed by atoms with Gasteiger partial charge in [0.15, 0.2) is 5.16 Å². The van der Waals surface area contributed by atoms with Gasteiger partial charge in [0.25, 0.3) is 0 Å². The van der Waals surface area contributed by atoms with Gasteiger partial charge in [-0.25, -0.2) is 0 Å². The first-order valence-electron chi connectivity index (χ1n) is 7.75. The maximum Gasteiger partial charge on any atom is 0.219 e. The Morgan fingerprint density at radius 1 is 1.46 bits per heavy atom. The number of primary amides is 1. The van der Waals surface area contributed by atoms with Crippen molar-refractivity contribution in [3.05, 3.63) is 34.1 Å². The molecule has 0 bridgehead atoms. The summed E-state index contributed by atoms with van der Waals surface area (Å²) in [5, 5.41) is 9.47.